The van der Waals surface area contributed by atoms with Crippen molar-refractivity contribution in [3.05, 3.63) is 54.1 Å². The van der Waals surface area contributed by atoms with Crippen LogP contribution in [0.5, 0.6) is 5.75 Å². The van der Waals surface area contributed by atoms with Gasteiger partial charge in [-0.15, -0.1) is 0 Å². The highest BCUT2D eigenvalue weighted by molar-refractivity contribution is 7.99. The molecule has 0 aliphatic carbocycles. The molecule has 0 spiro atoms. The molecule has 2 aromatic carbocycles. The fourth-order valence-electron chi connectivity index (χ4n) is 2.10. The van der Waals surface area contributed by atoms with Gasteiger partial charge in [-0.25, -0.2) is 8.42 Å². The van der Waals surface area contributed by atoms with Gasteiger partial charge in [0.15, 0.2) is 0 Å². The van der Waals surface area contributed by atoms with Crippen molar-refractivity contribution in [1.29, 1.82) is 0 Å². The summed E-state index contributed by atoms with van der Waals surface area (Å²) in [6.07, 6.45) is 1.75. The molecule has 2 aromatic rings. The number of anilines is 1. The van der Waals surface area contributed by atoms with E-state index in [0.29, 0.717) is 5.75 Å². The Hall–Kier alpha value is -2.72. The normalized spacial score (nSPS) is 10.7. The molecule has 2 rings (SSSR count). The Kier molecular flexibility index (Phi) is 7.08. The summed E-state index contributed by atoms with van der Waals surface area (Å²) < 4.78 is 32.8. The number of rotatable bonds is 7. The highest BCUT2D eigenvalue weighted by Crippen LogP contribution is 2.26. The Morgan fingerprint density at radius 1 is 1.07 bits per heavy atom. The van der Waals surface area contributed by atoms with Gasteiger partial charge in [-0.1, -0.05) is 18.2 Å². The van der Waals surface area contributed by atoms with Crippen LogP contribution in [-0.2, 0) is 14.8 Å². The molecule has 0 aromatic heterocycles. The van der Waals surface area contributed by atoms with Crippen molar-refractivity contribution >= 4 is 39.3 Å². The van der Waals surface area contributed by atoms with Crippen LogP contribution in [0.25, 0.3) is 0 Å². The van der Waals surface area contributed by atoms with Crippen molar-refractivity contribution in [2.24, 2.45) is 0 Å². The van der Waals surface area contributed by atoms with Gasteiger partial charge < -0.3 is 4.74 Å². The molecule has 3 N–H and O–H groups in total. The molecular weight excluding hydrogens is 390 g/mol. The van der Waals surface area contributed by atoms with E-state index in [1.54, 1.807) is 30.5 Å². The number of carbonyl (C=O) groups is 2. The Labute approximate surface area is 161 Å². The lowest BCUT2D eigenvalue weighted by atomic mass is 10.2. The minimum atomic E-state index is -3.94. The molecule has 0 unspecified atom stereocenters. The minimum absolute atomic E-state index is 0.0855. The highest BCUT2D eigenvalue weighted by Gasteiger charge is 2.18. The number of benzene rings is 2. The average molecular weight is 409 g/mol. The van der Waals surface area contributed by atoms with E-state index >= 15 is 0 Å². The van der Waals surface area contributed by atoms with Crippen LogP contribution in [0, 0.1) is 0 Å². The van der Waals surface area contributed by atoms with Gasteiger partial charge >= 0.3 is 0 Å². The summed E-state index contributed by atoms with van der Waals surface area (Å²) in [7, 11) is -2.51. The lowest BCUT2D eigenvalue weighted by Crippen LogP contribution is -2.42. The molecule has 0 bridgehead atoms. The minimum Gasteiger partial charge on any atom is -0.495 e. The number of thioether (sulfide) groups is 1. The second-order valence-corrected chi connectivity index (χ2v) is 7.82. The molecule has 10 heteroatoms. The molecule has 144 valence electrons. The van der Waals surface area contributed by atoms with Crippen molar-refractivity contribution < 1.29 is 22.7 Å². The fraction of sp³-hybridized carbons (Fsp3) is 0.176. The molecule has 0 radical (unpaired) electrons. The molecule has 0 saturated heterocycles. The summed E-state index contributed by atoms with van der Waals surface area (Å²) in [5, 5.41) is 0. The van der Waals surface area contributed by atoms with E-state index in [2.05, 4.69) is 15.6 Å². The molecular formula is C17H19N3O5S2. The van der Waals surface area contributed by atoms with Gasteiger partial charge in [-0.2, -0.15) is 11.8 Å². The van der Waals surface area contributed by atoms with Crippen molar-refractivity contribution in [1.82, 2.24) is 10.9 Å². The van der Waals surface area contributed by atoms with Gasteiger partial charge in [0.05, 0.1) is 23.4 Å². The zero-order valence-corrected chi connectivity index (χ0v) is 16.3. The zero-order chi connectivity index (χ0) is 19.9. The maximum atomic E-state index is 12.6. The third-order valence-electron chi connectivity index (χ3n) is 3.35. The first kappa shape index (κ1) is 20.6. The van der Waals surface area contributed by atoms with Gasteiger partial charge in [0.25, 0.3) is 15.9 Å². The summed E-state index contributed by atoms with van der Waals surface area (Å²) in [4.78, 5) is 23.4. The second kappa shape index (κ2) is 9.28. The van der Waals surface area contributed by atoms with Gasteiger partial charge in [-0.3, -0.25) is 25.2 Å². The van der Waals surface area contributed by atoms with Crippen LogP contribution >= 0.6 is 11.8 Å². The summed E-state index contributed by atoms with van der Waals surface area (Å²) in [6.45, 7) is 0. The van der Waals surface area contributed by atoms with Gasteiger partial charge in [0.2, 0.25) is 5.91 Å². The molecule has 0 atom stereocenters. The van der Waals surface area contributed by atoms with E-state index in [1.165, 1.54) is 43.1 Å². The number of ether oxygens (including phenoxy) is 1. The van der Waals surface area contributed by atoms with E-state index in [9.17, 15) is 18.0 Å². The Balaban J connectivity index is 2.18. The summed E-state index contributed by atoms with van der Waals surface area (Å²) >= 11 is 1.31. The Morgan fingerprint density at radius 3 is 2.52 bits per heavy atom. The van der Waals surface area contributed by atoms with Crippen LogP contribution in [-0.4, -0.2) is 39.4 Å². The van der Waals surface area contributed by atoms with Crippen molar-refractivity contribution in [3.8, 4) is 5.75 Å². The molecule has 0 heterocycles. The first-order valence-corrected chi connectivity index (χ1v) is 10.6. The molecule has 0 saturated carbocycles. The van der Waals surface area contributed by atoms with E-state index in [1.807, 2.05) is 0 Å². The largest absolute Gasteiger partial charge is 0.495 e. The van der Waals surface area contributed by atoms with E-state index < -0.39 is 15.9 Å². The van der Waals surface area contributed by atoms with Crippen LogP contribution < -0.4 is 20.3 Å². The number of methoxy groups -OCH3 is 1. The number of hydrogen-bond acceptors (Lipinski definition) is 6. The van der Waals surface area contributed by atoms with Crippen LogP contribution in [0.3, 0.4) is 0 Å². The molecule has 27 heavy (non-hydrogen) atoms. The first-order chi connectivity index (χ1) is 12.9. The van der Waals surface area contributed by atoms with Gasteiger partial charge in [0.1, 0.15) is 5.75 Å². The summed E-state index contributed by atoms with van der Waals surface area (Å²) in [6, 6.07) is 12.0. The third kappa shape index (κ3) is 5.63. The predicted molar refractivity (Wildman–Crippen MR) is 104 cm³/mol. The highest BCUT2D eigenvalue weighted by atomic mass is 32.2. The zero-order valence-electron chi connectivity index (χ0n) is 14.7. The molecule has 0 fully saturated rings. The maximum Gasteiger partial charge on any atom is 0.269 e. The second-order valence-electron chi connectivity index (χ2n) is 5.27. The number of carbonyl (C=O) groups excluding carboxylic acids is 2. The van der Waals surface area contributed by atoms with Crippen LogP contribution in [0.15, 0.2) is 53.4 Å². The summed E-state index contributed by atoms with van der Waals surface area (Å²) in [5.41, 5.74) is 4.86. The molecule has 8 nitrogen and oxygen atoms in total. The molecule has 2 amide bonds. The number of nitrogens with one attached hydrogen (secondary N) is 3. The van der Waals surface area contributed by atoms with Crippen molar-refractivity contribution in [2.75, 3.05) is 23.8 Å². The number of hydrazine groups is 1. The van der Waals surface area contributed by atoms with Crippen molar-refractivity contribution in [3.63, 3.8) is 0 Å². The van der Waals surface area contributed by atoms with Crippen LogP contribution in [0.4, 0.5) is 5.69 Å². The molecule has 0 aliphatic rings. The number of para-hydroxylation sites is 2. The third-order valence-corrected chi connectivity index (χ3v) is 5.26. The Morgan fingerprint density at radius 2 is 1.81 bits per heavy atom. The quantitative estimate of drug-likeness (QED) is 0.599. The Bertz CT molecular complexity index is 932. The topological polar surface area (TPSA) is 114 Å². The van der Waals surface area contributed by atoms with E-state index in [4.69, 9.17) is 4.74 Å². The smallest absolute Gasteiger partial charge is 0.269 e. The van der Waals surface area contributed by atoms with Crippen LogP contribution in [0.1, 0.15) is 10.4 Å². The van der Waals surface area contributed by atoms with Gasteiger partial charge in [-0.05, 0) is 36.6 Å². The van der Waals surface area contributed by atoms with Crippen molar-refractivity contribution in [2.45, 2.75) is 4.90 Å². The number of hydrogen-bond donors (Lipinski definition) is 3. The SMILES string of the molecule is COc1ccccc1NS(=O)(=O)c1cccc(C(=O)NNC(=O)CSC)c1. The average Bonchev–Trinajstić information content (AvgIpc) is 2.66. The standard InChI is InChI=1S/C17H19N3O5S2/c1-25-15-9-4-3-8-14(15)20-27(23,24)13-7-5-6-12(10-13)17(22)19-18-16(21)11-26-2/h3-10,20H,11H2,1-2H3,(H,18,21)(H,19,22). The van der Waals surface area contributed by atoms with E-state index in [-0.39, 0.29) is 27.8 Å². The fourth-order valence-corrected chi connectivity index (χ4v) is 3.55. The summed E-state index contributed by atoms with van der Waals surface area (Å²) in [5.74, 6) is -0.430. The predicted octanol–water partition coefficient (Wildman–Crippen LogP) is 1.62. The first-order valence-electron chi connectivity index (χ1n) is 7.71. The van der Waals surface area contributed by atoms with Gasteiger partial charge in [0, 0.05) is 5.56 Å². The van der Waals surface area contributed by atoms with E-state index in [0.717, 1.165) is 0 Å². The number of amides is 2. The van der Waals surface area contributed by atoms with Crippen LogP contribution in [0.2, 0.25) is 0 Å². The maximum absolute atomic E-state index is 12.6. The number of sulfonamides is 1. The lowest BCUT2D eigenvalue weighted by Gasteiger charge is -2.12. The lowest BCUT2D eigenvalue weighted by molar-refractivity contribution is -0.119. The monoisotopic (exact) mass is 409 g/mol. The molecule has 0 aliphatic heterocycles.